The van der Waals surface area contributed by atoms with E-state index >= 15 is 0 Å². The summed E-state index contributed by atoms with van der Waals surface area (Å²) in [4.78, 5) is 27.7. The van der Waals surface area contributed by atoms with Crippen LogP contribution in [0, 0.1) is 11.2 Å². The van der Waals surface area contributed by atoms with Crippen molar-refractivity contribution >= 4 is 5.95 Å². The third-order valence-electron chi connectivity index (χ3n) is 5.02. The van der Waals surface area contributed by atoms with Crippen LogP contribution >= 0.6 is 0 Å². The van der Waals surface area contributed by atoms with Gasteiger partial charge in [-0.3, -0.25) is 9.36 Å². The van der Waals surface area contributed by atoms with Crippen molar-refractivity contribution in [3.63, 3.8) is 0 Å². The second-order valence-electron chi connectivity index (χ2n) is 8.07. The van der Waals surface area contributed by atoms with E-state index in [2.05, 4.69) is 23.8 Å². The Morgan fingerprint density at radius 1 is 1.17 bits per heavy atom. The third-order valence-corrected chi connectivity index (χ3v) is 5.02. The van der Waals surface area contributed by atoms with Crippen molar-refractivity contribution in [3.05, 3.63) is 64.6 Å². The van der Waals surface area contributed by atoms with E-state index in [1.165, 1.54) is 18.5 Å². The largest absolute Gasteiger partial charge is 0.508 e. The molecule has 0 fully saturated rings. The number of aromatic nitrogens is 4. The average molecular weight is 395 g/mol. The second-order valence-corrected chi connectivity index (χ2v) is 8.07. The summed E-state index contributed by atoms with van der Waals surface area (Å²) in [5, 5.41) is 10.0. The summed E-state index contributed by atoms with van der Waals surface area (Å²) in [5.74, 6) is 0.0341. The highest BCUT2D eigenvalue weighted by Gasteiger charge is 2.32. The molecule has 0 saturated carbocycles. The van der Waals surface area contributed by atoms with Crippen molar-refractivity contribution in [1.29, 1.82) is 0 Å². The maximum Gasteiger partial charge on any atom is 0.255 e. The molecule has 3 aromatic rings. The summed E-state index contributed by atoms with van der Waals surface area (Å²) in [7, 11) is 0. The lowest BCUT2D eigenvalue weighted by Crippen LogP contribution is -2.48. The van der Waals surface area contributed by atoms with E-state index in [1.54, 1.807) is 22.9 Å². The van der Waals surface area contributed by atoms with Gasteiger partial charge in [0, 0.05) is 43.4 Å². The lowest BCUT2D eigenvalue weighted by molar-refractivity contribution is 0.274. The second kappa shape index (κ2) is 7.27. The Balaban J connectivity index is 1.70. The Bertz CT molecular complexity index is 1100. The summed E-state index contributed by atoms with van der Waals surface area (Å²) in [6.45, 7) is 6.00. The first-order valence-electron chi connectivity index (χ1n) is 9.43. The van der Waals surface area contributed by atoms with E-state index in [0.717, 1.165) is 6.07 Å². The lowest BCUT2D eigenvalue weighted by Gasteiger charge is -2.40. The Labute approximate surface area is 167 Å². The maximum atomic E-state index is 13.3. The zero-order valence-electron chi connectivity index (χ0n) is 16.3. The molecule has 4 rings (SSSR count). The van der Waals surface area contributed by atoms with Gasteiger partial charge in [0.15, 0.2) is 0 Å². The van der Waals surface area contributed by atoms with Gasteiger partial charge in [0.25, 0.3) is 5.56 Å². The van der Waals surface area contributed by atoms with Crippen molar-refractivity contribution in [3.8, 4) is 17.1 Å². The van der Waals surface area contributed by atoms with E-state index in [4.69, 9.17) is 4.98 Å². The van der Waals surface area contributed by atoms with E-state index in [-0.39, 0.29) is 16.7 Å². The Morgan fingerprint density at radius 2 is 2.00 bits per heavy atom. The molecule has 0 atom stereocenters. The van der Waals surface area contributed by atoms with E-state index in [9.17, 15) is 14.3 Å². The minimum Gasteiger partial charge on any atom is -0.508 e. The van der Waals surface area contributed by atoms with Gasteiger partial charge in [-0.05, 0) is 24.1 Å². The average Bonchev–Trinajstić information content (AvgIpc) is 2.68. The molecular formula is C21H22FN5O2. The van der Waals surface area contributed by atoms with Crippen LogP contribution in [0.1, 0.15) is 19.4 Å². The monoisotopic (exact) mass is 395 g/mol. The van der Waals surface area contributed by atoms with Crippen LogP contribution in [-0.4, -0.2) is 37.7 Å². The van der Waals surface area contributed by atoms with Crippen molar-refractivity contribution in [2.24, 2.45) is 5.41 Å². The number of rotatable bonds is 4. The van der Waals surface area contributed by atoms with Gasteiger partial charge in [-0.2, -0.15) is 0 Å². The number of anilines is 1. The lowest BCUT2D eigenvalue weighted by atomic mass is 9.90. The fraction of sp³-hybridized carbons (Fsp3) is 0.333. The fourth-order valence-electron chi connectivity index (χ4n) is 3.71. The molecule has 2 aromatic heterocycles. The van der Waals surface area contributed by atoms with E-state index in [0.29, 0.717) is 49.0 Å². The van der Waals surface area contributed by atoms with Crippen LogP contribution in [0.25, 0.3) is 11.4 Å². The normalized spacial score (nSPS) is 15.2. The van der Waals surface area contributed by atoms with Crippen LogP contribution in [0.15, 0.2) is 47.7 Å². The Hall–Kier alpha value is -3.29. The first kappa shape index (κ1) is 19.0. The number of phenols is 1. The smallest absolute Gasteiger partial charge is 0.255 e. The molecule has 0 unspecified atom stereocenters. The molecule has 0 bridgehead atoms. The van der Waals surface area contributed by atoms with Gasteiger partial charge in [-0.15, -0.1) is 0 Å². The summed E-state index contributed by atoms with van der Waals surface area (Å²) in [6.07, 6.45) is 3.53. The molecule has 0 radical (unpaired) electrons. The summed E-state index contributed by atoms with van der Waals surface area (Å²) in [5.41, 5.74) is 1.47. The molecule has 29 heavy (non-hydrogen) atoms. The SMILES string of the molecule is CC1(C)CN(CCc2ccc(F)cc2O)c2nc(-c3ccncn3)cc(=O)n2C1. The standard InChI is InChI=1S/C21H22FN5O2/c1-21(2)11-26(8-6-14-3-4-15(22)9-18(14)28)20-25-17(10-19(29)27(20)12-21)16-5-7-23-13-24-16/h3-5,7,9-10,13,28H,6,8,11-12H2,1-2H3. The van der Waals surface area contributed by atoms with Gasteiger partial charge < -0.3 is 10.0 Å². The number of aromatic hydroxyl groups is 1. The van der Waals surface area contributed by atoms with Crippen LogP contribution in [0.3, 0.4) is 0 Å². The summed E-state index contributed by atoms with van der Waals surface area (Å²) in [6, 6.07) is 7.24. The maximum absolute atomic E-state index is 13.3. The minimum atomic E-state index is -0.474. The van der Waals surface area contributed by atoms with Gasteiger partial charge in [-0.1, -0.05) is 19.9 Å². The van der Waals surface area contributed by atoms with Crippen LogP contribution in [0.2, 0.25) is 0 Å². The molecule has 1 N–H and O–H groups in total. The number of halogens is 1. The molecule has 150 valence electrons. The quantitative estimate of drug-likeness (QED) is 0.731. The number of fused-ring (bicyclic) bond motifs is 1. The molecule has 7 nitrogen and oxygen atoms in total. The number of benzene rings is 1. The van der Waals surface area contributed by atoms with Crippen molar-refractivity contribution in [2.45, 2.75) is 26.8 Å². The third kappa shape index (κ3) is 3.96. The van der Waals surface area contributed by atoms with Gasteiger partial charge >= 0.3 is 0 Å². The number of hydrogen-bond donors (Lipinski definition) is 1. The first-order chi connectivity index (χ1) is 13.8. The predicted molar refractivity (Wildman–Crippen MR) is 107 cm³/mol. The first-order valence-corrected chi connectivity index (χ1v) is 9.43. The van der Waals surface area contributed by atoms with Gasteiger partial charge in [0.1, 0.15) is 17.9 Å². The van der Waals surface area contributed by atoms with E-state index < -0.39 is 5.82 Å². The predicted octanol–water partition coefficient (Wildman–Crippen LogP) is 2.63. The Morgan fingerprint density at radius 3 is 2.72 bits per heavy atom. The van der Waals surface area contributed by atoms with Crippen molar-refractivity contribution in [1.82, 2.24) is 19.5 Å². The molecule has 3 heterocycles. The molecule has 8 heteroatoms. The Kier molecular flexibility index (Phi) is 4.77. The fourth-order valence-corrected chi connectivity index (χ4v) is 3.71. The van der Waals surface area contributed by atoms with Crippen molar-refractivity contribution < 1.29 is 9.50 Å². The topological polar surface area (TPSA) is 84.1 Å². The van der Waals surface area contributed by atoms with Crippen LogP contribution in [0.5, 0.6) is 5.75 Å². The molecule has 0 saturated heterocycles. The molecule has 1 aromatic carbocycles. The molecule has 0 amide bonds. The van der Waals surface area contributed by atoms with Crippen LogP contribution in [0.4, 0.5) is 10.3 Å². The highest BCUT2D eigenvalue weighted by molar-refractivity contribution is 5.55. The summed E-state index contributed by atoms with van der Waals surface area (Å²) >= 11 is 0. The molecule has 1 aliphatic rings. The summed E-state index contributed by atoms with van der Waals surface area (Å²) < 4.78 is 14.9. The zero-order chi connectivity index (χ0) is 20.6. The van der Waals surface area contributed by atoms with Crippen LogP contribution < -0.4 is 10.5 Å². The highest BCUT2D eigenvalue weighted by Crippen LogP contribution is 2.30. The van der Waals surface area contributed by atoms with Gasteiger partial charge in [-0.25, -0.2) is 19.3 Å². The van der Waals surface area contributed by atoms with Gasteiger partial charge in [0.2, 0.25) is 5.95 Å². The van der Waals surface area contributed by atoms with E-state index in [1.807, 2.05) is 4.90 Å². The highest BCUT2D eigenvalue weighted by atomic mass is 19.1. The van der Waals surface area contributed by atoms with Gasteiger partial charge in [0.05, 0.1) is 11.4 Å². The number of hydrogen-bond acceptors (Lipinski definition) is 6. The van der Waals surface area contributed by atoms with Crippen LogP contribution in [-0.2, 0) is 13.0 Å². The molecule has 1 aliphatic heterocycles. The zero-order valence-corrected chi connectivity index (χ0v) is 16.3. The minimum absolute atomic E-state index is 0.0682. The number of nitrogens with zero attached hydrogens (tertiary/aromatic N) is 5. The number of phenolic OH excluding ortho intramolecular Hbond substituents is 1. The molecule has 0 aliphatic carbocycles. The molecular weight excluding hydrogens is 373 g/mol. The molecule has 0 spiro atoms. The van der Waals surface area contributed by atoms with Crippen molar-refractivity contribution in [2.75, 3.05) is 18.0 Å².